The van der Waals surface area contributed by atoms with Crippen molar-refractivity contribution in [3.63, 3.8) is 0 Å². The SMILES string of the molecule is C1=C(c2ccc(-c3ccc(C4Nc5c(c6ccccc6c6ccncc56)N4c4cccc5ccccc45)cc3)cc2)NC(c2ccccc2)N=C1c1ccccc1. The van der Waals surface area contributed by atoms with Gasteiger partial charge in [0.15, 0.2) is 0 Å². The van der Waals surface area contributed by atoms with E-state index in [4.69, 9.17) is 4.99 Å². The lowest BCUT2D eigenvalue weighted by Crippen LogP contribution is -2.24. The number of hydrogen-bond donors (Lipinski definition) is 2. The molecule has 0 bridgehead atoms. The molecule has 11 rings (SSSR count). The minimum Gasteiger partial charge on any atom is -0.360 e. The Balaban J connectivity index is 0.956. The highest BCUT2D eigenvalue weighted by Crippen LogP contribution is 2.54. The van der Waals surface area contributed by atoms with Crippen LogP contribution in [0.3, 0.4) is 0 Å². The Morgan fingerprint density at radius 3 is 1.88 bits per heavy atom. The van der Waals surface area contributed by atoms with Gasteiger partial charge in [-0.1, -0.05) is 170 Å². The van der Waals surface area contributed by atoms with Crippen LogP contribution in [0.2, 0.25) is 0 Å². The van der Waals surface area contributed by atoms with Crippen molar-refractivity contribution in [2.24, 2.45) is 4.99 Å². The standard InChI is InChI=1S/C52H37N5/c1-3-13-37(14-4-1)46-32-47(55-51(54-46)39-15-5-2-6-16-39)38-26-22-34(23-27-38)35-24-28-40(29-25-35)52-56-49-45-33-53-31-30-43(45)42-19-9-10-20-44(42)50(49)57(52)48-21-11-17-36-12-7-8-18-41(36)48/h1-33,51-52,55-56H. The molecule has 9 aromatic rings. The van der Waals surface area contributed by atoms with Crippen LogP contribution < -0.4 is 15.5 Å². The summed E-state index contributed by atoms with van der Waals surface area (Å²) in [6.07, 6.45) is 5.74. The van der Waals surface area contributed by atoms with Crippen LogP contribution in [-0.4, -0.2) is 10.7 Å². The first-order valence-electron chi connectivity index (χ1n) is 19.5. The van der Waals surface area contributed by atoms with E-state index in [0.717, 1.165) is 56.0 Å². The van der Waals surface area contributed by atoms with Gasteiger partial charge in [-0.2, -0.15) is 0 Å². The third kappa shape index (κ3) is 5.71. The van der Waals surface area contributed by atoms with E-state index in [1.807, 2.05) is 24.5 Å². The van der Waals surface area contributed by atoms with Gasteiger partial charge in [0.05, 0.1) is 22.8 Å². The van der Waals surface area contributed by atoms with Crippen LogP contribution in [0.15, 0.2) is 205 Å². The molecule has 2 unspecified atom stereocenters. The number of aromatic nitrogens is 1. The molecule has 0 radical (unpaired) electrons. The predicted molar refractivity (Wildman–Crippen MR) is 237 cm³/mol. The van der Waals surface area contributed by atoms with Crippen molar-refractivity contribution >= 4 is 60.8 Å². The molecule has 0 saturated heterocycles. The van der Waals surface area contributed by atoms with Gasteiger partial charge in [-0.3, -0.25) is 9.98 Å². The topological polar surface area (TPSA) is 52.6 Å². The molecule has 2 aliphatic heterocycles. The van der Waals surface area contributed by atoms with Crippen LogP contribution in [0.1, 0.15) is 34.6 Å². The van der Waals surface area contributed by atoms with Gasteiger partial charge in [-0.25, -0.2) is 0 Å². The Morgan fingerprint density at radius 1 is 0.456 bits per heavy atom. The maximum Gasteiger partial charge on any atom is 0.145 e. The number of rotatable bonds is 6. The predicted octanol–water partition coefficient (Wildman–Crippen LogP) is 12.6. The molecule has 2 aliphatic rings. The number of benzene rings is 8. The highest BCUT2D eigenvalue weighted by Gasteiger charge is 2.35. The molecule has 0 fully saturated rings. The molecule has 8 aromatic carbocycles. The summed E-state index contributed by atoms with van der Waals surface area (Å²) in [4.78, 5) is 12.2. The van der Waals surface area contributed by atoms with Crippen molar-refractivity contribution in [2.75, 3.05) is 10.2 Å². The van der Waals surface area contributed by atoms with Crippen LogP contribution in [0.5, 0.6) is 0 Å². The molecule has 0 aliphatic carbocycles. The summed E-state index contributed by atoms with van der Waals surface area (Å²) in [5.74, 6) is 0. The van der Waals surface area contributed by atoms with Crippen LogP contribution >= 0.6 is 0 Å². The quantitative estimate of drug-likeness (QED) is 0.167. The zero-order valence-electron chi connectivity index (χ0n) is 31.0. The molecule has 0 amide bonds. The zero-order chi connectivity index (χ0) is 37.7. The first kappa shape index (κ1) is 32.9. The fourth-order valence-electron chi connectivity index (χ4n) is 8.61. The summed E-state index contributed by atoms with van der Waals surface area (Å²) in [6.45, 7) is 0. The molecule has 5 nitrogen and oxygen atoms in total. The lowest BCUT2D eigenvalue weighted by atomic mass is 9.98. The fourth-order valence-corrected chi connectivity index (χ4v) is 8.61. The average molecular weight is 732 g/mol. The minimum absolute atomic E-state index is 0.140. The molecule has 0 spiro atoms. The normalized spacial score (nSPS) is 16.2. The Morgan fingerprint density at radius 2 is 1.09 bits per heavy atom. The van der Waals surface area contributed by atoms with E-state index in [9.17, 15) is 0 Å². The van der Waals surface area contributed by atoms with E-state index in [-0.39, 0.29) is 12.3 Å². The maximum absolute atomic E-state index is 5.10. The third-order valence-electron chi connectivity index (χ3n) is 11.4. The number of aliphatic imine (C=N–C) groups is 1. The highest BCUT2D eigenvalue weighted by molar-refractivity contribution is 6.22. The third-order valence-corrected chi connectivity index (χ3v) is 11.4. The maximum atomic E-state index is 5.10. The van der Waals surface area contributed by atoms with Gasteiger partial charge < -0.3 is 15.5 Å². The second kappa shape index (κ2) is 13.7. The Labute approximate surface area is 331 Å². The minimum atomic E-state index is -0.176. The molecular weight excluding hydrogens is 695 g/mol. The van der Waals surface area contributed by atoms with Crippen LogP contribution in [0.4, 0.5) is 17.1 Å². The number of nitrogens with zero attached hydrogens (tertiary/aromatic N) is 3. The summed E-state index contributed by atoms with van der Waals surface area (Å²) >= 11 is 0. The van der Waals surface area contributed by atoms with E-state index >= 15 is 0 Å². The van der Waals surface area contributed by atoms with Crippen molar-refractivity contribution in [1.29, 1.82) is 0 Å². The summed E-state index contributed by atoms with van der Waals surface area (Å²) < 4.78 is 0. The van der Waals surface area contributed by atoms with Crippen molar-refractivity contribution in [3.05, 3.63) is 223 Å². The highest BCUT2D eigenvalue weighted by atomic mass is 15.3. The summed E-state index contributed by atoms with van der Waals surface area (Å²) in [6, 6.07) is 64.9. The molecule has 0 saturated carbocycles. The smallest absolute Gasteiger partial charge is 0.145 e. The summed E-state index contributed by atoms with van der Waals surface area (Å²) in [5, 5.41) is 14.9. The number of nitrogens with one attached hydrogen (secondary N) is 2. The van der Waals surface area contributed by atoms with Crippen molar-refractivity contribution in [3.8, 4) is 11.1 Å². The van der Waals surface area contributed by atoms with E-state index < -0.39 is 0 Å². The molecule has 2 N–H and O–H groups in total. The summed E-state index contributed by atoms with van der Waals surface area (Å²) in [5.41, 5.74) is 12.3. The first-order valence-corrected chi connectivity index (χ1v) is 19.5. The Bertz CT molecular complexity index is 3000. The molecule has 270 valence electrons. The van der Waals surface area contributed by atoms with Crippen LogP contribution in [-0.2, 0) is 0 Å². The number of hydrogen-bond acceptors (Lipinski definition) is 5. The van der Waals surface area contributed by atoms with Crippen LogP contribution in [0, 0.1) is 0 Å². The number of fused-ring (bicyclic) bond motifs is 7. The zero-order valence-corrected chi connectivity index (χ0v) is 31.0. The summed E-state index contributed by atoms with van der Waals surface area (Å²) in [7, 11) is 0. The van der Waals surface area contributed by atoms with Gasteiger partial charge in [0.2, 0.25) is 0 Å². The van der Waals surface area contributed by atoms with E-state index in [2.05, 4.69) is 196 Å². The second-order valence-electron chi connectivity index (χ2n) is 14.7. The van der Waals surface area contributed by atoms with Gasteiger partial charge in [0.1, 0.15) is 12.3 Å². The van der Waals surface area contributed by atoms with E-state index in [0.29, 0.717) is 0 Å². The molecule has 2 atom stereocenters. The first-order chi connectivity index (χ1) is 28.3. The van der Waals surface area contributed by atoms with E-state index in [1.165, 1.54) is 38.2 Å². The molecular formula is C52H37N5. The Kier molecular flexibility index (Phi) is 7.88. The Hall–Kier alpha value is -7.50. The fraction of sp³-hybridized carbons (Fsp3) is 0.0385. The van der Waals surface area contributed by atoms with Gasteiger partial charge in [-0.15, -0.1) is 0 Å². The second-order valence-corrected chi connectivity index (χ2v) is 14.7. The van der Waals surface area contributed by atoms with Crippen molar-refractivity contribution in [2.45, 2.75) is 12.3 Å². The molecule has 57 heavy (non-hydrogen) atoms. The monoisotopic (exact) mass is 731 g/mol. The van der Waals surface area contributed by atoms with Crippen molar-refractivity contribution < 1.29 is 0 Å². The van der Waals surface area contributed by atoms with E-state index in [1.54, 1.807) is 0 Å². The van der Waals surface area contributed by atoms with Gasteiger partial charge >= 0.3 is 0 Å². The average Bonchev–Trinajstić information content (AvgIpc) is 3.70. The number of pyridine rings is 1. The molecule has 1 aromatic heterocycles. The van der Waals surface area contributed by atoms with Gasteiger partial charge in [0, 0.05) is 34.2 Å². The van der Waals surface area contributed by atoms with Gasteiger partial charge in [-0.05, 0) is 67.7 Å². The number of allylic oxidation sites excluding steroid dienone is 1. The van der Waals surface area contributed by atoms with Gasteiger partial charge in [0.25, 0.3) is 0 Å². The van der Waals surface area contributed by atoms with Crippen LogP contribution in [0.25, 0.3) is 49.1 Å². The molecule has 5 heteroatoms. The number of anilines is 3. The molecule has 3 heterocycles. The van der Waals surface area contributed by atoms with Crippen molar-refractivity contribution in [1.82, 2.24) is 10.3 Å². The lowest BCUT2D eigenvalue weighted by Gasteiger charge is -2.29. The lowest BCUT2D eigenvalue weighted by molar-refractivity contribution is 0.664. The largest absolute Gasteiger partial charge is 0.360 e.